The standard InChI is InChI=1S/C12H14ClF2N3O/c1-3-12(19,4-2)6-18-11-8(16-17-18)5-7(14)10(15)9(11)13/h5,19H,3-4,6H2,1-2H3. The Bertz CT molecular complexity index is 611. The molecule has 0 unspecified atom stereocenters. The predicted molar refractivity (Wildman–Crippen MR) is 68.0 cm³/mol. The molecule has 4 nitrogen and oxygen atoms in total. The Kier molecular flexibility index (Phi) is 3.73. The fourth-order valence-electron chi connectivity index (χ4n) is 1.90. The van der Waals surface area contributed by atoms with Crippen LogP contribution in [0.2, 0.25) is 5.02 Å². The second kappa shape index (κ2) is 5.02. The Labute approximate surface area is 114 Å². The van der Waals surface area contributed by atoms with Crippen LogP contribution in [0, 0.1) is 11.6 Å². The normalized spacial score (nSPS) is 12.3. The molecule has 0 saturated carbocycles. The summed E-state index contributed by atoms with van der Waals surface area (Å²) in [5, 5.41) is 17.5. The van der Waals surface area contributed by atoms with E-state index >= 15 is 0 Å². The maximum atomic E-state index is 13.5. The van der Waals surface area contributed by atoms with Gasteiger partial charge in [-0.25, -0.2) is 13.5 Å². The van der Waals surface area contributed by atoms with E-state index in [1.807, 2.05) is 13.8 Å². The zero-order valence-corrected chi connectivity index (χ0v) is 11.4. The number of nitrogens with zero attached hydrogens (tertiary/aromatic N) is 3. The Hall–Kier alpha value is -1.27. The molecule has 0 spiro atoms. The van der Waals surface area contributed by atoms with Crippen LogP contribution < -0.4 is 0 Å². The van der Waals surface area contributed by atoms with E-state index in [-0.39, 0.29) is 22.6 Å². The minimum absolute atomic E-state index is 0.126. The lowest BCUT2D eigenvalue weighted by Gasteiger charge is -2.24. The van der Waals surface area contributed by atoms with Gasteiger partial charge in [0.15, 0.2) is 11.6 Å². The topological polar surface area (TPSA) is 50.9 Å². The molecular formula is C12H14ClF2N3O. The summed E-state index contributed by atoms with van der Waals surface area (Å²) in [7, 11) is 0. The highest BCUT2D eigenvalue weighted by molar-refractivity contribution is 6.35. The number of aromatic nitrogens is 3. The highest BCUT2D eigenvalue weighted by atomic mass is 35.5. The van der Waals surface area contributed by atoms with Gasteiger partial charge in [0.05, 0.1) is 12.1 Å². The molecular weight excluding hydrogens is 276 g/mol. The summed E-state index contributed by atoms with van der Waals surface area (Å²) in [6, 6.07) is 0.941. The van der Waals surface area contributed by atoms with Gasteiger partial charge in [0.25, 0.3) is 0 Å². The van der Waals surface area contributed by atoms with Gasteiger partial charge < -0.3 is 5.11 Å². The van der Waals surface area contributed by atoms with Gasteiger partial charge in [0.2, 0.25) is 0 Å². The number of aliphatic hydroxyl groups is 1. The maximum absolute atomic E-state index is 13.5. The van der Waals surface area contributed by atoms with Crippen LogP contribution in [0.25, 0.3) is 11.0 Å². The molecule has 0 saturated heterocycles. The third-order valence-electron chi connectivity index (χ3n) is 3.40. The van der Waals surface area contributed by atoms with E-state index in [9.17, 15) is 13.9 Å². The highest BCUT2D eigenvalue weighted by Gasteiger charge is 2.26. The second-order valence-electron chi connectivity index (χ2n) is 4.53. The van der Waals surface area contributed by atoms with Gasteiger partial charge >= 0.3 is 0 Å². The van der Waals surface area contributed by atoms with Crippen molar-refractivity contribution in [1.82, 2.24) is 15.0 Å². The molecule has 2 rings (SSSR count). The largest absolute Gasteiger partial charge is 0.388 e. The van der Waals surface area contributed by atoms with Gasteiger partial charge in [0.1, 0.15) is 16.1 Å². The first-order valence-corrected chi connectivity index (χ1v) is 6.38. The summed E-state index contributed by atoms with van der Waals surface area (Å²) in [6.45, 7) is 3.80. The van der Waals surface area contributed by atoms with Crippen LogP contribution in [0.15, 0.2) is 6.07 Å². The van der Waals surface area contributed by atoms with Crippen LogP contribution in [0.3, 0.4) is 0 Å². The summed E-state index contributed by atoms with van der Waals surface area (Å²) in [5.74, 6) is -2.19. The van der Waals surface area contributed by atoms with Crippen molar-refractivity contribution < 1.29 is 13.9 Å². The van der Waals surface area contributed by atoms with Crippen molar-refractivity contribution >= 4 is 22.6 Å². The van der Waals surface area contributed by atoms with Crippen molar-refractivity contribution in [2.75, 3.05) is 0 Å². The fraction of sp³-hybridized carbons (Fsp3) is 0.500. The monoisotopic (exact) mass is 289 g/mol. The van der Waals surface area contributed by atoms with Crippen molar-refractivity contribution in [2.24, 2.45) is 0 Å². The molecule has 1 aromatic heterocycles. The first kappa shape index (κ1) is 14.1. The summed E-state index contributed by atoms with van der Waals surface area (Å²) in [4.78, 5) is 0. The van der Waals surface area contributed by atoms with Crippen LogP contribution in [0.5, 0.6) is 0 Å². The van der Waals surface area contributed by atoms with Crippen LogP contribution in [-0.2, 0) is 6.54 Å². The number of benzene rings is 1. The first-order chi connectivity index (χ1) is 8.91. The zero-order chi connectivity index (χ0) is 14.2. The third-order valence-corrected chi connectivity index (χ3v) is 3.74. The lowest BCUT2D eigenvalue weighted by molar-refractivity contribution is 0.0125. The molecule has 0 fully saturated rings. The van der Waals surface area contributed by atoms with Crippen molar-refractivity contribution in [3.05, 3.63) is 22.7 Å². The van der Waals surface area contributed by atoms with Crippen LogP contribution in [0.4, 0.5) is 8.78 Å². The van der Waals surface area contributed by atoms with Crippen molar-refractivity contribution in [3.8, 4) is 0 Å². The molecule has 104 valence electrons. The van der Waals surface area contributed by atoms with E-state index in [0.717, 1.165) is 6.07 Å². The fourth-order valence-corrected chi connectivity index (χ4v) is 2.19. The van der Waals surface area contributed by atoms with Gasteiger partial charge in [-0.15, -0.1) is 5.10 Å². The number of hydrogen-bond acceptors (Lipinski definition) is 3. The molecule has 2 aromatic rings. The molecule has 0 radical (unpaired) electrons. The molecule has 1 heterocycles. The molecule has 1 aromatic carbocycles. The minimum Gasteiger partial charge on any atom is -0.388 e. The summed E-state index contributed by atoms with van der Waals surface area (Å²) < 4.78 is 28.0. The Morgan fingerprint density at radius 2 is 2.00 bits per heavy atom. The molecule has 0 bridgehead atoms. The summed E-state index contributed by atoms with van der Waals surface area (Å²) in [5.41, 5.74) is -0.617. The average Bonchev–Trinajstić information content (AvgIpc) is 2.78. The van der Waals surface area contributed by atoms with E-state index < -0.39 is 17.2 Å². The van der Waals surface area contributed by atoms with Crippen LogP contribution in [-0.4, -0.2) is 25.7 Å². The highest BCUT2D eigenvalue weighted by Crippen LogP contribution is 2.28. The predicted octanol–water partition coefficient (Wildman–Crippen LogP) is 2.91. The molecule has 0 aliphatic rings. The third kappa shape index (κ3) is 2.42. The zero-order valence-electron chi connectivity index (χ0n) is 10.6. The summed E-state index contributed by atoms with van der Waals surface area (Å²) >= 11 is 5.80. The van der Waals surface area contributed by atoms with Crippen molar-refractivity contribution in [2.45, 2.75) is 38.8 Å². The number of fused-ring (bicyclic) bond motifs is 1. The minimum atomic E-state index is -1.13. The first-order valence-electron chi connectivity index (χ1n) is 6.01. The smallest absolute Gasteiger partial charge is 0.179 e. The van der Waals surface area contributed by atoms with Gasteiger partial charge in [-0.3, -0.25) is 0 Å². The van der Waals surface area contributed by atoms with Crippen LogP contribution in [0.1, 0.15) is 26.7 Å². The van der Waals surface area contributed by atoms with Crippen molar-refractivity contribution in [3.63, 3.8) is 0 Å². The lowest BCUT2D eigenvalue weighted by Crippen LogP contribution is -2.33. The average molecular weight is 290 g/mol. The van der Waals surface area contributed by atoms with E-state index in [4.69, 9.17) is 11.6 Å². The van der Waals surface area contributed by atoms with Gasteiger partial charge in [-0.05, 0) is 12.8 Å². The summed E-state index contributed by atoms with van der Waals surface area (Å²) in [6.07, 6.45) is 1.01. The quantitative estimate of drug-likeness (QED) is 0.881. The molecule has 19 heavy (non-hydrogen) atoms. The van der Waals surface area contributed by atoms with E-state index in [1.54, 1.807) is 0 Å². The lowest BCUT2D eigenvalue weighted by atomic mass is 9.98. The van der Waals surface area contributed by atoms with Gasteiger partial charge in [0, 0.05) is 6.07 Å². The maximum Gasteiger partial charge on any atom is 0.179 e. The molecule has 1 N–H and O–H groups in total. The van der Waals surface area contributed by atoms with E-state index in [1.165, 1.54) is 4.68 Å². The second-order valence-corrected chi connectivity index (χ2v) is 4.91. The molecule has 7 heteroatoms. The number of halogens is 3. The molecule has 0 amide bonds. The molecule has 0 atom stereocenters. The Balaban J connectivity index is 2.54. The van der Waals surface area contributed by atoms with Crippen LogP contribution >= 0.6 is 11.6 Å². The van der Waals surface area contributed by atoms with Crippen molar-refractivity contribution in [1.29, 1.82) is 0 Å². The number of hydrogen-bond donors (Lipinski definition) is 1. The SMILES string of the molecule is CCC(O)(CC)Cn1nnc2cc(F)c(F)c(Cl)c21. The number of rotatable bonds is 4. The van der Waals surface area contributed by atoms with Gasteiger partial charge in [-0.1, -0.05) is 30.7 Å². The molecule has 0 aliphatic carbocycles. The van der Waals surface area contributed by atoms with E-state index in [2.05, 4.69) is 10.3 Å². The molecule has 0 aliphatic heterocycles. The Morgan fingerprint density at radius 3 is 2.58 bits per heavy atom. The Morgan fingerprint density at radius 1 is 1.37 bits per heavy atom. The van der Waals surface area contributed by atoms with Gasteiger partial charge in [-0.2, -0.15) is 0 Å². The van der Waals surface area contributed by atoms with E-state index in [0.29, 0.717) is 12.8 Å².